The molecule has 2 aromatic rings. The Hall–Kier alpha value is -4.61. The highest BCUT2D eigenvalue weighted by molar-refractivity contribution is 6.08. The van der Waals surface area contributed by atoms with Crippen molar-refractivity contribution in [3.05, 3.63) is 53.6 Å². The van der Waals surface area contributed by atoms with E-state index >= 15 is 0 Å². The van der Waals surface area contributed by atoms with Crippen LogP contribution in [0.15, 0.2) is 42.5 Å². The molecule has 31 heavy (non-hydrogen) atoms. The van der Waals surface area contributed by atoms with E-state index in [9.17, 15) is 24.3 Å². The minimum absolute atomic E-state index is 0.0851. The first-order valence-electron chi connectivity index (χ1n) is 8.54. The molecule has 0 aliphatic heterocycles. The van der Waals surface area contributed by atoms with E-state index in [4.69, 9.17) is 25.7 Å². The lowest BCUT2D eigenvalue weighted by atomic mass is 10.1. The van der Waals surface area contributed by atoms with E-state index in [0.717, 1.165) is 0 Å². The van der Waals surface area contributed by atoms with Gasteiger partial charge in [0.15, 0.2) is 18.1 Å². The lowest BCUT2D eigenvalue weighted by molar-refractivity contribution is -0.307. The third-order valence-corrected chi connectivity index (χ3v) is 3.58. The molecule has 12 heteroatoms. The molecule has 0 aliphatic rings. The van der Waals surface area contributed by atoms with Gasteiger partial charge < -0.3 is 35.5 Å². The molecule has 0 saturated heterocycles. The van der Waals surface area contributed by atoms with Crippen LogP contribution in [0.2, 0.25) is 0 Å². The van der Waals surface area contributed by atoms with Gasteiger partial charge in [-0.15, -0.1) is 0 Å². The topological polar surface area (TPSA) is 204 Å². The number of urea groups is 1. The molecular formula is C19H17N4O8-. The number of carboxylic acid groups (broad SMARTS) is 2. The lowest BCUT2D eigenvalue weighted by Crippen LogP contribution is -2.34. The summed E-state index contributed by atoms with van der Waals surface area (Å²) in [6.07, 6.45) is 0. The van der Waals surface area contributed by atoms with Crippen LogP contribution in [-0.2, 0) is 9.59 Å². The standard InChI is InChI=1S/C19H18N4O8/c20-17(21)10-1-3-11(4-2-10)18(28)23-19(29)22-12-5-6-13(30-8-15(24)25)14(7-12)31-9-16(26)27/h1-7H,8-9H2,(H3,20,21)(H,24,25)(H,26,27)(H2,22,23,28,29)/p-1. The van der Waals surface area contributed by atoms with E-state index in [1.165, 1.54) is 42.5 Å². The van der Waals surface area contributed by atoms with Gasteiger partial charge in [-0.1, -0.05) is 12.1 Å². The molecular weight excluding hydrogens is 412 g/mol. The summed E-state index contributed by atoms with van der Waals surface area (Å²) >= 11 is 0. The second kappa shape index (κ2) is 10.2. The molecule has 0 aliphatic carbocycles. The number of amidine groups is 1. The van der Waals surface area contributed by atoms with Gasteiger partial charge in [-0.05, 0) is 24.3 Å². The maximum absolute atomic E-state index is 12.1. The molecule has 0 fully saturated rings. The van der Waals surface area contributed by atoms with Crippen molar-refractivity contribution < 1.29 is 38.9 Å². The fraction of sp³-hybridized carbons (Fsp3) is 0.105. The number of carboxylic acids is 2. The highest BCUT2D eigenvalue weighted by Gasteiger charge is 2.14. The average molecular weight is 429 g/mol. The third kappa shape index (κ3) is 7.05. The van der Waals surface area contributed by atoms with Gasteiger partial charge >= 0.3 is 12.0 Å². The van der Waals surface area contributed by atoms with Crippen molar-refractivity contribution >= 4 is 35.4 Å². The SMILES string of the molecule is N=C(N)c1ccc(C(=O)NC(=O)Nc2ccc(OCC(=O)[O-])c(OCC(=O)O)c2)cc1. The quantitative estimate of drug-likeness (QED) is 0.258. The van der Waals surface area contributed by atoms with Gasteiger partial charge in [0, 0.05) is 22.9 Å². The van der Waals surface area contributed by atoms with E-state index in [2.05, 4.69) is 10.6 Å². The number of amides is 3. The van der Waals surface area contributed by atoms with Crippen molar-refractivity contribution in [2.24, 2.45) is 5.73 Å². The van der Waals surface area contributed by atoms with Crippen molar-refractivity contribution in [1.82, 2.24) is 5.32 Å². The number of rotatable bonds is 9. The maximum atomic E-state index is 12.1. The Morgan fingerprint density at radius 2 is 1.58 bits per heavy atom. The fourth-order valence-electron chi connectivity index (χ4n) is 2.23. The van der Waals surface area contributed by atoms with Gasteiger partial charge in [0.2, 0.25) is 0 Å². The number of hydrogen-bond acceptors (Lipinski definition) is 8. The monoisotopic (exact) mass is 429 g/mol. The van der Waals surface area contributed by atoms with E-state index in [1.807, 2.05) is 0 Å². The average Bonchev–Trinajstić information content (AvgIpc) is 2.71. The summed E-state index contributed by atoms with van der Waals surface area (Å²) in [6, 6.07) is 8.55. The van der Waals surface area contributed by atoms with E-state index < -0.39 is 37.1 Å². The highest BCUT2D eigenvalue weighted by atomic mass is 16.5. The number of benzene rings is 2. The number of nitrogens with two attached hydrogens (primary N) is 1. The van der Waals surface area contributed by atoms with Gasteiger partial charge in [-0.2, -0.15) is 0 Å². The van der Waals surface area contributed by atoms with Gasteiger partial charge in [0.1, 0.15) is 12.4 Å². The number of hydrogen-bond donors (Lipinski definition) is 5. The molecule has 162 valence electrons. The zero-order chi connectivity index (χ0) is 23.0. The molecule has 0 spiro atoms. The number of ether oxygens (including phenoxy) is 2. The first-order chi connectivity index (χ1) is 14.7. The van der Waals surface area contributed by atoms with Crippen molar-refractivity contribution in [2.45, 2.75) is 0 Å². The predicted octanol–water partition coefficient (Wildman–Crippen LogP) is -0.475. The molecule has 0 heterocycles. The minimum Gasteiger partial charge on any atom is -0.546 e. The summed E-state index contributed by atoms with van der Waals surface area (Å²) in [6.45, 7) is -1.54. The molecule has 0 aromatic heterocycles. The zero-order valence-corrected chi connectivity index (χ0v) is 15.8. The Balaban J connectivity index is 2.07. The number of carbonyl (C=O) groups excluding carboxylic acids is 3. The van der Waals surface area contributed by atoms with Crippen molar-refractivity contribution in [1.29, 1.82) is 5.41 Å². The second-order valence-corrected chi connectivity index (χ2v) is 5.90. The Labute approximate surface area is 175 Å². The summed E-state index contributed by atoms with van der Waals surface area (Å²) in [4.78, 5) is 45.5. The molecule has 0 atom stereocenters. The van der Waals surface area contributed by atoms with Crippen LogP contribution in [-0.4, -0.2) is 48.0 Å². The highest BCUT2D eigenvalue weighted by Crippen LogP contribution is 2.30. The summed E-state index contributed by atoms with van der Waals surface area (Å²) in [7, 11) is 0. The largest absolute Gasteiger partial charge is 0.546 e. The maximum Gasteiger partial charge on any atom is 0.341 e. The molecule has 0 bridgehead atoms. The normalized spacial score (nSPS) is 9.94. The first-order valence-corrected chi connectivity index (χ1v) is 8.54. The molecule has 3 amide bonds. The van der Waals surface area contributed by atoms with Crippen LogP contribution in [0, 0.1) is 5.41 Å². The van der Waals surface area contributed by atoms with Crippen LogP contribution in [0.1, 0.15) is 15.9 Å². The smallest absolute Gasteiger partial charge is 0.341 e. The molecule has 6 N–H and O–H groups in total. The van der Waals surface area contributed by atoms with Gasteiger partial charge in [0.25, 0.3) is 5.91 Å². The van der Waals surface area contributed by atoms with E-state index in [-0.39, 0.29) is 28.6 Å². The summed E-state index contributed by atoms with van der Waals surface area (Å²) < 4.78 is 9.98. The van der Waals surface area contributed by atoms with Crippen LogP contribution in [0.25, 0.3) is 0 Å². The summed E-state index contributed by atoms with van der Waals surface area (Å²) in [5.41, 5.74) is 6.01. The molecule has 2 aromatic carbocycles. The van der Waals surface area contributed by atoms with Crippen LogP contribution >= 0.6 is 0 Å². The Kier molecular flexibility index (Phi) is 7.50. The van der Waals surface area contributed by atoms with Crippen LogP contribution in [0.4, 0.5) is 10.5 Å². The van der Waals surface area contributed by atoms with Crippen LogP contribution in [0.5, 0.6) is 11.5 Å². The van der Waals surface area contributed by atoms with E-state index in [1.54, 1.807) is 0 Å². The molecule has 12 nitrogen and oxygen atoms in total. The minimum atomic E-state index is -1.50. The number of anilines is 1. The lowest BCUT2D eigenvalue weighted by Gasteiger charge is -2.14. The van der Waals surface area contributed by atoms with Gasteiger partial charge in [-0.25, -0.2) is 9.59 Å². The number of nitrogen functional groups attached to an aromatic ring is 1. The van der Waals surface area contributed by atoms with Crippen molar-refractivity contribution in [2.75, 3.05) is 18.5 Å². The first kappa shape index (κ1) is 22.7. The van der Waals surface area contributed by atoms with Crippen LogP contribution < -0.4 is 30.9 Å². The van der Waals surface area contributed by atoms with Gasteiger partial charge in [-0.3, -0.25) is 15.5 Å². The Morgan fingerprint density at radius 1 is 0.968 bits per heavy atom. The number of imide groups is 1. The van der Waals surface area contributed by atoms with Crippen molar-refractivity contribution in [3.8, 4) is 11.5 Å². The molecule has 2 rings (SSSR count). The second-order valence-electron chi connectivity index (χ2n) is 5.90. The number of aliphatic carboxylic acids is 2. The van der Waals surface area contributed by atoms with Gasteiger partial charge in [0.05, 0.1) is 5.97 Å². The molecule has 0 unspecified atom stereocenters. The Morgan fingerprint density at radius 3 is 2.16 bits per heavy atom. The number of carbonyl (C=O) groups is 4. The molecule has 0 radical (unpaired) electrons. The fourth-order valence-corrected chi connectivity index (χ4v) is 2.23. The number of nitrogens with one attached hydrogen (secondary N) is 3. The Bertz CT molecular complexity index is 1020. The van der Waals surface area contributed by atoms with Crippen molar-refractivity contribution in [3.63, 3.8) is 0 Å². The third-order valence-electron chi connectivity index (χ3n) is 3.58. The zero-order valence-electron chi connectivity index (χ0n) is 15.8. The van der Waals surface area contributed by atoms with E-state index in [0.29, 0.717) is 5.56 Å². The summed E-state index contributed by atoms with van der Waals surface area (Å²) in [5.74, 6) is -3.91. The molecule has 0 saturated carbocycles. The van der Waals surface area contributed by atoms with Crippen LogP contribution in [0.3, 0.4) is 0 Å². The predicted molar refractivity (Wildman–Crippen MR) is 104 cm³/mol. The summed E-state index contributed by atoms with van der Waals surface area (Å²) in [5, 5.41) is 31.1.